The maximum atomic E-state index is 12.0. The average Bonchev–Trinajstić information content (AvgIpc) is 3.20. The lowest BCUT2D eigenvalue weighted by Gasteiger charge is -2.37. The van der Waals surface area contributed by atoms with E-state index < -0.39 is 0 Å². The van der Waals surface area contributed by atoms with Gasteiger partial charge in [0.25, 0.3) is 0 Å². The van der Waals surface area contributed by atoms with Gasteiger partial charge in [-0.15, -0.1) is 0 Å². The molecule has 2 heterocycles. The Morgan fingerprint density at radius 3 is 2.30 bits per heavy atom. The summed E-state index contributed by atoms with van der Waals surface area (Å²) in [6, 6.07) is 19.0. The highest BCUT2D eigenvalue weighted by Gasteiger charge is 2.22. The zero-order chi connectivity index (χ0) is 20.8. The van der Waals surface area contributed by atoms with Gasteiger partial charge in [-0.3, -0.25) is 9.79 Å². The summed E-state index contributed by atoms with van der Waals surface area (Å²) in [4.78, 5) is 23.3. The van der Waals surface area contributed by atoms with Crippen LogP contribution >= 0.6 is 0 Å². The minimum atomic E-state index is 0.268. The van der Waals surface area contributed by atoms with Gasteiger partial charge in [-0.2, -0.15) is 0 Å². The molecule has 6 nitrogen and oxygen atoms in total. The van der Waals surface area contributed by atoms with Gasteiger partial charge in [0.15, 0.2) is 5.96 Å². The molecule has 0 atom stereocenters. The molecule has 2 saturated heterocycles. The fraction of sp³-hybridized carbons (Fsp3) is 0.417. The predicted octanol–water partition coefficient (Wildman–Crippen LogP) is 2.71. The molecule has 0 aliphatic carbocycles. The van der Waals surface area contributed by atoms with E-state index in [0.717, 1.165) is 45.1 Å². The van der Waals surface area contributed by atoms with Crippen LogP contribution in [0, 0.1) is 0 Å². The normalized spacial score (nSPS) is 17.6. The van der Waals surface area contributed by atoms with E-state index in [1.165, 1.54) is 16.8 Å². The van der Waals surface area contributed by atoms with Crippen molar-refractivity contribution >= 4 is 17.6 Å². The van der Waals surface area contributed by atoms with Crippen molar-refractivity contribution < 1.29 is 4.79 Å². The minimum absolute atomic E-state index is 0.268. The Labute approximate surface area is 179 Å². The number of piperazine rings is 1. The standard InChI is InChI=1S/C24H31N5O/c1-25-24(28-16-14-27(15-17-28)22-10-3-2-4-11-22)26-18-20-8-5-6-9-21(20)19-29-13-7-12-23(29)30/h2-6,8-11H,7,12-19H2,1H3,(H,25,26). The summed E-state index contributed by atoms with van der Waals surface area (Å²) in [5.74, 6) is 1.21. The van der Waals surface area contributed by atoms with Crippen LogP contribution < -0.4 is 10.2 Å². The summed E-state index contributed by atoms with van der Waals surface area (Å²) < 4.78 is 0. The summed E-state index contributed by atoms with van der Waals surface area (Å²) >= 11 is 0. The van der Waals surface area contributed by atoms with E-state index >= 15 is 0 Å². The summed E-state index contributed by atoms with van der Waals surface area (Å²) in [5, 5.41) is 3.54. The molecule has 158 valence electrons. The molecule has 2 aromatic carbocycles. The van der Waals surface area contributed by atoms with Gasteiger partial charge < -0.3 is 20.0 Å². The highest BCUT2D eigenvalue weighted by molar-refractivity contribution is 5.80. The zero-order valence-electron chi connectivity index (χ0n) is 17.8. The van der Waals surface area contributed by atoms with E-state index in [1.54, 1.807) is 0 Å². The van der Waals surface area contributed by atoms with Crippen molar-refractivity contribution in [2.75, 3.05) is 44.7 Å². The van der Waals surface area contributed by atoms with Crippen LogP contribution in [0.4, 0.5) is 5.69 Å². The Hall–Kier alpha value is -3.02. The lowest BCUT2D eigenvalue weighted by atomic mass is 10.1. The molecule has 0 spiro atoms. The monoisotopic (exact) mass is 405 g/mol. The number of likely N-dealkylation sites (tertiary alicyclic amines) is 1. The Morgan fingerprint density at radius 2 is 1.63 bits per heavy atom. The summed E-state index contributed by atoms with van der Waals surface area (Å²) in [7, 11) is 1.85. The molecule has 0 saturated carbocycles. The van der Waals surface area contributed by atoms with Crippen molar-refractivity contribution in [3.63, 3.8) is 0 Å². The number of guanidine groups is 1. The number of hydrogen-bond acceptors (Lipinski definition) is 3. The number of benzene rings is 2. The second-order valence-electron chi connectivity index (χ2n) is 7.90. The molecule has 0 bridgehead atoms. The van der Waals surface area contributed by atoms with Gasteiger partial charge in [0.2, 0.25) is 5.91 Å². The molecular formula is C24H31N5O. The van der Waals surface area contributed by atoms with E-state index in [0.29, 0.717) is 19.5 Å². The first-order chi connectivity index (χ1) is 14.7. The van der Waals surface area contributed by atoms with E-state index in [4.69, 9.17) is 0 Å². The number of carbonyl (C=O) groups excluding carboxylic acids is 1. The SMILES string of the molecule is CN=C(NCc1ccccc1CN1CCCC1=O)N1CCN(c2ccccc2)CC1. The quantitative estimate of drug-likeness (QED) is 0.614. The van der Waals surface area contributed by atoms with Gasteiger partial charge in [0.1, 0.15) is 0 Å². The fourth-order valence-electron chi connectivity index (χ4n) is 4.28. The van der Waals surface area contributed by atoms with E-state index in [-0.39, 0.29) is 5.91 Å². The molecule has 2 fully saturated rings. The highest BCUT2D eigenvalue weighted by Crippen LogP contribution is 2.18. The summed E-state index contributed by atoms with van der Waals surface area (Å²) in [5.41, 5.74) is 3.72. The van der Waals surface area contributed by atoms with E-state index in [9.17, 15) is 4.79 Å². The van der Waals surface area contributed by atoms with Crippen LogP contribution in [0.2, 0.25) is 0 Å². The number of aliphatic imine (C=N–C) groups is 1. The first-order valence-electron chi connectivity index (χ1n) is 10.8. The molecule has 4 rings (SSSR count). The molecule has 1 amide bonds. The molecule has 0 radical (unpaired) electrons. The van der Waals surface area contributed by atoms with Crippen molar-refractivity contribution in [3.8, 4) is 0 Å². The maximum absolute atomic E-state index is 12.0. The third kappa shape index (κ3) is 4.75. The maximum Gasteiger partial charge on any atom is 0.222 e. The van der Waals surface area contributed by atoms with E-state index in [1.807, 2.05) is 11.9 Å². The van der Waals surface area contributed by atoms with Gasteiger partial charge in [-0.05, 0) is 29.7 Å². The first-order valence-corrected chi connectivity index (χ1v) is 10.8. The zero-order valence-corrected chi connectivity index (χ0v) is 17.8. The van der Waals surface area contributed by atoms with Crippen molar-refractivity contribution in [1.29, 1.82) is 0 Å². The van der Waals surface area contributed by atoms with Crippen LogP contribution in [0.5, 0.6) is 0 Å². The van der Waals surface area contributed by atoms with Gasteiger partial charge in [0.05, 0.1) is 0 Å². The van der Waals surface area contributed by atoms with E-state index in [2.05, 4.69) is 74.7 Å². The highest BCUT2D eigenvalue weighted by atomic mass is 16.2. The Bertz CT molecular complexity index is 874. The van der Waals surface area contributed by atoms with Gasteiger partial charge in [-0.1, -0.05) is 42.5 Å². The lowest BCUT2D eigenvalue weighted by molar-refractivity contribution is -0.128. The van der Waals surface area contributed by atoms with Crippen LogP contribution in [-0.4, -0.2) is 61.4 Å². The molecule has 6 heteroatoms. The number of anilines is 1. The van der Waals surface area contributed by atoms with Gasteiger partial charge in [-0.25, -0.2) is 0 Å². The molecule has 0 unspecified atom stereocenters. The van der Waals surface area contributed by atoms with Crippen LogP contribution in [0.1, 0.15) is 24.0 Å². The van der Waals surface area contributed by atoms with Crippen molar-refractivity contribution in [1.82, 2.24) is 15.1 Å². The van der Waals surface area contributed by atoms with Gasteiger partial charge >= 0.3 is 0 Å². The largest absolute Gasteiger partial charge is 0.368 e. The van der Waals surface area contributed by atoms with Crippen LogP contribution in [0.15, 0.2) is 59.6 Å². The third-order valence-corrected chi connectivity index (χ3v) is 6.00. The summed E-state index contributed by atoms with van der Waals surface area (Å²) in [6.45, 7) is 6.14. The topological polar surface area (TPSA) is 51.2 Å². The number of nitrogens with zero attached hydrogens (tertiary/aromatic N) is 4. The fourth-order valence-corrected chi connectivity index (χ4v) is 4.28. The number of carbonyl (C=O) groups is 1. The van der Waals surface area contributed by atoms with Crippen LogP contribution in [0.25, 0.3) is 0 Å². The molecule has 2 aliphatic heterocycles. The smallest absolute Gasteiger partial charge is 0.222 e. The number of hydrogen-bond donors (Lipinski definition) is 1. The molecule has 2 aromatic rings. The summed E-state index contributed by atoms with van der Waals surface area (Å²) in [6.07, 6.45) is 1.66. The molecule has 0 aromatic heterocycles. The average molecular weight is 406 g/mol. The van der Waals surface area contributed by atoms with Crippen molar-refractivity contribution in [2.45, 2.75) is 25.9 Å². The molecule has 2 aliphatic rings. The predicted molar refractivity (Wildman–Crippen MR) is 122 cm³/mol. The number of nitrogens with one attached hydrogen (secondary N) is 1. The molecule has 30 heavy (non-hydrogen) atoms. The number of para-hydroxylation sites is 1. The molecule has 1 N–H and O–H groups in total. The van der Waals surface area contributed by atoms with Gasteiger partial charge in [0, 0.05) is 65.0 Å². The Balaban J connectivity index is 1.34. The number of amides is 1. The Morgan fingerprint density at radius 1 is 0.933 bits per heavy atom. The second-order valence-corrected chi connectivity index (χ2v) is 7.90. The van der Waals surface area contributed by atoms with Crippen LogP contribution in [0.3, 0.4) is 0 Å². The first kappa shape index (κ1) is 20.3. The third-order valence-electron chi connectivity index (χ3n) is 6.00. The van der Waals surface area contributed by atoms with Crippen molar-refractivity contribution in [2.24, 2.45) is 4.99 Å². The lowest BCUT2D eigenvalue weighted by Crippen LogP contribution is -2.52. The van der Waals surface area contributed by atoms with Crippen LogP contribution in [-0.2, 0) is 17.9 Å². The molecular weight excluding hydrogens is 374 g/mol. The number of rotatable bonds is 5. The van der Waals surface area contributed by atoms with Crippen molar-refractivity contribution in [3.05, 3.63) is 65.7 Å². The minimum Gasteiger partial charge on any atom is -0.368 e. The Kier molecular flexibility index (Phi) is 6.52. The second kappa shape index (κ2) is 9.65.